The molecule has 1 saturated heterocycles. The van der Waals surface area contributed by atoms with Crippen molar-refractivity contribution in [1.82, 2.24) is 10.2 Å². The van der Waals surface area contributed by atoms with Crippen LogP contribution >= 0.6 is 0 Å². The van der Waals surface area contributed by atoms with Gasteiger partial charge in [-0.2, -0.15) is 0 Å². The standard InChI is InChI=1S/C14H18FN3O3/c1-17-13(19)11-6-9(16)7-18(11)14(20)10-5-8(15)3-4-12(10)21-2/h3-5,9,11H,6-7,16H2,1-2H3,(H,17,19)/t9-,11-/m0/s1. The first-order valence-electron chi connectivity index (χ1n) is 6.59. The van der Waals surface area contributed by atoms with E-state index >= 15 is 0 Å². The number of nitrogens with one attached hydrogen (secondary N) is 1. The molecule has 21 heavy (non-hydrogen) atoms. The fraction of sp³-hybridized carbons (Fsp3) is 0.429. The van der Waals surface area contributed by atoms with Gasteiger partial charge in [-0.05, 0) is 24.6 Å². The SMILES string of the molecule is CNC(=O)[C@@H]1C[C@H](N)CN1C(=O)c1cc(F)ccc1OC. The van der Waals surface area contributed by atoms with E-state index in [0.29, 0.717) is 6.42 Å². The van der Waals surface area contributed by atoms with E-state index in [4.69, 9.17) is 10.5 Å². The molecule has 0 saturated carbocycles. The van der Waals surface area contributed by atoms with Crippen LogP contribution in [0, 0.1) is 5.82 Å². The second-order valence-corrected chi connectivity index (χ2v) is 4.93. The second kappa shape index (κ2) is 6.09. The van der Waals surface area contributed by atoms with Gasteiger partial charge in [0.1, 0.15) is 17.6 Å². The number of nitrogens with zero attached hydrogens (tertiary/aromatic N) is 1. The first-order chi connectivity index (χ1) is 9.97. The second-order valence-electron chi connectivity index (χ2n) is 4.93. The fourth-order valence-electron chi connectivity index (χ4n) is 2.51. The maximum Gasteiger partial charge on any atom is 0.258 e. The Kier molecular flexibility index (Phi) is 4.42. The van der Waals surface area contributed by atoms with Gasteiger partial charge in [0.25, 0.3) is 5.91 Å². The third-order valence-electron chi connectivity index (χ3n) is 3.54. The van der Waals surface area contributed by atoms with E-state index in [-0.39, 0.29) is 29.8 Å². The Labute approximate surface area is 122 Å². The summed E-state index contributed by atoms with van der Waals surface area (Å²) in [6.07, 6.45) is 0.378. The van der Waals surface area contributed by atoms with E-state index in [2.05, 4.69) is 5.32 Å². The average Bonchev–Trinajstić information content (AvgIpc) is 2.87. The first-order valence-corrected chi connectivity index (χ1v) is 6.59. The van der Waals surface area contributed by atoms with Crippen molar-refractivity contribution in [3.8, 4) is 5.75 Å². The molecule has 1 aliphatic rings. The predicted molar refractivity (Wildman–Crippen MR) is 74.4 cm³/mol. The van der Waals surface area contributed by atoms with Crippen LogP contribution in [-0.2, 0) is 4.79 Å². The molecular formula is C14H18FN3O3. The van der Waals surface area contributed by atoms with Crippen molar-refractivity contribution in [3.63, 3.8) is 0 Å². The topological polar surface area (TPSA) is 84.7 Å². The zero-order chi connectivity index (χ0) is 15.6. The molecule has 1 aromatic carbocycles. The summed E-state index contributed by atoms with van der Waals surface area (Å²) in [6, 6.07) is 2.77. The number of rotatable bonds is 3. The average molecular weight is 295 g/mol. The van der Waals surface area contributed by atoms with E-state index in [0.717, 1.165) is 6.07 Å². The number of hydrogen-bond donors (Lipinski definition) is 2. The van der Waals surface area contributed by atoms with Gasteiger partial charge in [0.15, 0.2) is 0 Å². The summed E-state index contributed by atoms with van der Waals surface area (Å²) in [6.45, 7) is 0.247. The highest BCUT2D eigenvalue weighted by Gasteiger charge is 2.38. The number of hydrogen-bond acceptors (Lipinski definition) is 4. The smallest absolute Gasteiger partial charge is 0.258 e. The minimum absolute atomic E-state index is 0.0838. The van der Waals surface area contributed by atoms with E-state index in [1.807, 2.05) is 0 Å². The monoisotopic (exact) mass is 295 g/mol. The van der Waals surface area contributed by atoms with E-state index in [1.54, 1.807) is 0 Å². The number of nitrogens with two attached hydrogens (primary N) is 1. The van der Waals surface area contributed by atoms with Crippen LogP contribution in [0.25, 0.3) is 0 Å². The quantitative estimate of drug-likeness (QED) is 0.829. The van der Waals surface area contributed by atoms with Crippen LogP contribution in [0.5, 0.6) is 5.75 Å². The molecule has 1 fully saturated rings. The predicted octanol–water partition coefficient (Wildman–Crippen LogP) is 0.122. The molecule has 0 bridgehead atoms. The lowest BCUT2D eigenvalue weighted by Crippen LogP contribution is -2.45. The zero-order valence-corrected chi connectivity index (χ0v) is 11.9. The molecule has 3 N–H and O–H groups in total. The molecule has 0 aliphatic carbocycles. The van der Waals surface area contributed by atoms with Crippen molar-refractivity contribution in [2.75, 3.05) is 20.7 Å². The number of likely N-dealkylation sites (N-methyl/N-ethyl adjacent to an activating group) is 1. The molecule has 0 unspecified atom stereocenters. The molecular weight excluding hydrogens is 277 g/mol. The Balaban J connectivity index is 2.34. The molecule has 6 nitrogen and oxygen atoms in total. The van der Waals surface area contributed by atoms with E-state index < -0.39 is 17.8 Å². The number of likely N-dealkylation sites (tertiary alicyclic amines) is 1. The molecule has 0 radical (unpaired) electrons. The van der Waals surface area contributed by atoms with Gasteiger partial charge in [-0.1, -0.05) is 0 Å². The van der Waals surface area contributed by atoms with Crippen molar-refractivity contribution in [2.24, 2.45) is 5.73 Å². The third kappa shape index (κ3) is 2.97. The Morgan fingerprint density at radius 2 is 2.19 bits per heavy atom. The maximum atomic E-state index is 13.4. The van der Waals surface area contributed by atoms with Gasteiger partial charge in [-0.15, -0.1) is 0 Å². The number of carbonyl (C=O) groups excluding carboxylic acids is 2. The lowest BCUT2D eigenvalue weighted by Gasteiger charge is -2.24. The maximum absolute atomic E-state index is 13.4. The van der Waals surface area contributed by atoms with Crippen LogP contribution in [0.15, 0.2) is 18.2 Å². The first kappa shape index (κ1) is 15.2. The molecule has 2 atom stereocenters. The van der Waals surface area contributed by atoms with Crippen molar-refractivity contribution in [1.29, 1.82) is 0 Å². The fourth-order valence-corrected chi connectivity index (χ4v) is 2.51. The molecule has 1 heterocycles. The minimum Gasteiger partial charge on any atom is -0.496 e. The number of amides is 2. The van der Waals surface area contributed by atoms with Crippen LogP contribution in [0.4, 0.5) is 4.39 Å². The van der Waals surface area contributed by atoms with Crippen LogP contribution in [-0.4, -0.2) is 49.5 Å². The van der Waals surface area contributed by atoms with Gasteiger partial charge < -0.3 is 20.7 Å². The molecule has 2 rings (SSSR count). The summed E-state index contributed by atoms with van der Waals surface area (Å²) in [5, 5.41) is 2.51. The van der Waals surface area contributed by atoms with Gasteiger partial charge in [0.2, 0.25) is 5.91 Å². The third-order valence-corrected chi connectivity index (χ3v) is 3.54. The molecule has 0 spiro atoms. The molecule has 114 valence electrons. The number of carbonyl (C=O) groups is 2. The van der Waals surface area contributed by atoms with Crippen LogP contribution < -0.4 is 15.8 Å². The Morgan fingerprint density at radius 3 is 2.81 bits per heavy atom. The van der Waals surface area contributed by atoms with Crippen LogP contribution in [0.1, 0.15) is 16.8 Å². The van der Waals surface area contributed by atoms with Gasteiger partial charge >= 0.3 is 0 Å². The minimum atomic E-state index is -0.648. The largest absolute Gasteiger partial charge is 0.496 e. The Morgan fingerprint density at radius 1 is 1.48 bits per heavy atom. The summed E-state index contributed by atoms with van der Waals surface area (Å²) in [5.74, 6) is -1.03. The molecule has 1 aliphatic heterocycles. The highest BCUT2D eigenvalue weighted by molar-refractivity contribution is 6.00. The van der Waals surface area contributed by atoms with Gasteiger partial charge in [-0.3, -0.25) is 9.59 Å². The highest BCUT2D eigenvalue weighted by Crippen LogP contribution is 2.25. The summed E-state index contributed by atoms with van der Waals surface area (Å²) in [4.78, 5) is 25.8. The molecule has 2 amide bonds. The van der Waals surface area contributed by atoms with Crippen molar-refractivity contribution >= 4 is 11.8 Å². The summed E-state index contributed by atoms with van der Waals surface area (Å²) in [5.41, 5.74) is 5.93. The van der Waals surface area contributed by atoms with Crippen LogP contribution in [0.2, 0.25) is 0 Å². The molecule has 1 aromatic rings. The number of halogens is 1. The van der Waals surface area contributed by atoms with E-state index in [1.165, 1.54) is 31.2 Å². The van der Waals surface area contributed by atoms with Crippen molar-refractivity contribution in [2.45, 2.75) is 18.5 Å². The van der Waals surface area contributed by atoms with Gasteiger partial charge in [0.05, 0.1) is 12.7 Å². The van der Waals surface area contributed by atoms with Gasteiger partial charge in [0, 0.05) is 19.6 Å². The summed E-state index contributed by atoms with van der Waals surface area (Å²) >= 11 is 0. The van der Waals surface area contributed by atoms with Crippen LogP contribution in [0.3, 0.4) is 0 Å². The van der Waals surface area contributed by atoms with E-state index in [9.17, 15) is 14.0 Å². The van der Waals surface area contributed by atoms with Gasteiger partial charge in [-0.25, -0.2) is 4.39 Å². The molecule has 0 aromatic heterocycles. The van der Waals surface area contributed by atoms with Crippen molar-refractivity contribution in [3.05, 3.63) is 29.6 Å². The lowest BCUT2D eigenvalue weighted by atomic mass is 10.1. The Bertz CT molecular complexity index is 564. The lowest BCUT2D eigenvalue weighted by molar-refractivity contribution is -0.124. The molecule has 7 heteroatoms. The highest BCUT2D eigenvalue weighted by atomic mass is 19.1. The summed E-state index contributed by atoms with van der Waals surface area (Å²) in [7, 11) is 2.90. The van der Waals surface area contributed by atoms with Crippen molar-refractivity contribution < 1.29 is 18.7 Å². The number of benzene rings is 1. The number of methoxy groups -OCH3 is 1. The Hall–Kier alpha value is -2.15. The number of ether oxygens (including phenoxy) is 1. The zero-order valence-electron chi connectivity index (χ0n) is 11.9. The normalized spacial score (nSPS) is 21.2. The summed E-state index contributed by atoms with van der Waals surface area (Å²) < 4.78 is 18.5.